The van der Waals surface area contributed by atoms with Gasteiger partial charge in [0.05, 0.1) is 14.2 Å². The molecule has 2 amide bonds. The van der Waals surface area contributed by atoms with Gasteiger partial charge >= 0.3 is 0 Å². The molecule has 0 bridgehead atoms. The molecule has 2 atom stereocenters. The molecule has 0 radical (unpaired) electrons. The molecular formula is C26H25FN2O4S. The van der Waals surface area contributed by atoms with E-state index < -0.39 is 6.04 Å². The Morgan fingerprint density at radius 1 is 1.00 bits per heavy atom. The number of nitrogens with zero attached hydrogens (tertiary/aromatic N) is 1. The molecule has 1 saturated heterocycles. The monoisotopic (exact) mass is 480 g/mol. The highest BCUT2D eigenvalue weighted by Gasteiger charge is 2.42. The number of methoxy groups -OCH3 is 2. The van der Waals surface area contributed by atoms with Crippen LogP contribution < -0.4 is 14.8 Å². The Balaban J connectivity index is 1.62. The van der Waals surface area contributed by atoms with Crippen LogP contribution in [0.15, 0.2) is 72.8 Å². The molecule has 0 unspecified atom stereocenters. The summed E-state index contributed by atoms with van der Waals surface area (Å²) < 4.78 is 23.9. The third-order valence-corrected chi connectivity index (χ3v) is 6.92. The van der Waals surface area contributed by atoms with Gasteiger partial charge in [-0.05, 0) is 35.4 Å². The Labute approximate surface area is 202 Å². The summed E-state index contributed by atoms with van der Waals surface area (Å²) in [6, 6.07) is 19.9. The highest BCUT2D eigenvalue weighted by Crippen LogP contribution is 2.42. The number of thioether (sulfide) groups is 1. The van der Waals surface area contributed by atoms with Gasteiger partial charge in [0, 0.05) is 23.9 Å². The van der Waals surface area contributed by atoms with Crippen LogP contribution in [0.3, 0.4) is 0 Å². The average Bonchev–Trinajstić information content (AvgIpc) is 3.33. The molecule has 4 rings (SSSR count). The maximum Gasteiger partial charge on any atom is 0.256 e. The first-order chi connectivity index (χ1) is 16.5. The summed E-state index contributed by atoms with van der Waals surface area (Å²) >= 11 is 1.54. The molecule has 3 aromatic carbocycles. The van der Waals surface area contributed by atoms with E-state index in [2.05, 4.69) is 5.32 Å². The molecule has 1 aliphatic heterocycles. The van der Waals surface area contributed by atoms with Gasteiger partial charge in [-0.1, -0.05) is 42.5 Å². The van der Waals surface area contributed by atoms with Gasteiger partial charge in [0.25, 0.3) is 5.91 Å². The number of halogens is 1. The van der Waals surface area contributed by atoms with Crippen molar-refractivity contribution in [3.8, 4) is 11.5 Å². The number of benzene rings is 3. The summed E-state index contributed by atoms with van der Waals surface area (Å²) in [5, 5.41) is 2.57. The fraction of sp³-hybridized carbons (Fsp3) is 0.231. The summed E-state index contributed by atoms with van der Waals surface area (Å²) in [6.07, 6.45) is 0. The van der Waals surface area contributed by atoms with Crippen LogP contribution in [0.25, 0.3) is 0 Å². The van der Waals surface area contributed by atoms with Crippen molar-refractivity contribution in [3.63, 3.8) is 0 Å². The number of amides is 2. The van der Waals surface area contributed by atoms with Gasteiger partial charge < -0.3 is 19.7 Å². The smallest absolute Gasteiger partial charge is 0.256 e. The van der Waals surface area contributed by atoms with Gasteiger partial charge in [0.15, 0.2) is 0 Å². The Kier molecular flexibility index (Phi) is 7.37. The van der Waals surface area contributed by atoms with Gasteiger partial charge in [-0.25, -0.2) is 4.39 Å². The van der Waals surface area contributed by atoms with E-state index in [9.17, 15) is 14.0 Å². The predicted molar refractivity (Wildman–Crippen MR) is 129 cm³/mol. The minimum Gasteiger partial charge on any atom is -0.497 e. The fourth-order valence-corrected chi connectivity index (χ4v) is 5.25. The fourth-order valence-electron chi connectivity index (χ4n) is 3.82. The van der Waals surface area contributed by atoms with E-state index >= 15 is 0 Å². The number of hydrogen-bond acceptors (Lipinski definition) is 5. The van der Waals surface area contributed by atoms with Crippen LogP contribution in [-0.4, -0.2) is 42.7 Å². The molecule has 0 aromatic heterocycles. The Hall–Kier alpha value is -3.52. The van der Waals surface area contributed by atoms with E-state index in [1.165, 1.54) is 38.1 Å². The molecule has 0 spiro atoms. The predicted octanol–water partition coefficient (Wildman–Crippen LogP) is 4.42. The summed E-state index contributed by atoms with van der Waals surface area (Å²) in [5.74, 6) is 0.530. The van der Waals surface area contributed by atoms with Crippen molar-refractivity contribution in [2.24, 2.45) is 0 Å². The molecule has 1 heterocycles. The van der Waals surface area contributed by atoms with E-state index in [1.807, 2.05) is 30.3 Å². The molecule has 0 aliphatic carbocycles. The molecule has 1 fully saturated rings. The van der Waals surface area contributed by atoms with Crippen molar-refractivity contribution in [3.05, 3.63) is 95.3 Å². The minimum absolute atomic E-state index is 0.241. The molecule has 176 valence electrons. The van der Waals surface area contributed by atoms with Crippen LogP contribution in [0, 0.1) is 5.82 Å². The highest BCUT2D eigenvalue weighted by atomic mass is 32.2. The number of nitrogens with one attached hydrogen (secondary N) is 1. The minimum atomic E-state index is -0.680. The van der Waals surface area contributed by atoms with Crippen LogP contribution in [0.4, 0.5) is 4.39 Å². The number of rotatable bonds is 7. The van der Waals surface area contributed by atoms with Gasteiger partial charge in [0.2, 0.25) is 5.91 Å². The first-order valence-electron chi connectivity index (χ1n) is 10.7. The zero-order chi connectivity index (χ0) is 24.1. The van der Waals surface area contributed by atoms with Gasteiger partial charge in [-0.3, -0.25) is 9.59 Å². The average molecular weight is 481 g/mol. The van der Waals surface area contributed by atoms with E-state index in [-0.39, 0.29) is 29.6 Å². The SMILES string of the molecule is COc1cc(OC)cc(C(=O)N2[C@@H](c3ccccc3)SC[C@H]2C(=O)NCc2ccc(F)cc2)c1. The lowest BCUT2D eigenvalue weighted by atomic mass is 10.1. The number of ether oxygens (including phenoxy) is 2. The molecule has 1 aliphatic rings. The van der Waals surface area contributed by atoms with E-state index in [0.717, 1.165) is 11.1 Å². The van der Waals surface area contributed by atoms with E-state index in [4.69, 9.17) is 9.47 Å². The maximum atomic E-state index is 13.8. The van der Waals surface area contributed by atoms with Crippen LogP contribution in [0.5, 0.6) is 11.5 Å². The molecule has 0 saturated carbocycles. The second-order valence-corrected chi connectivity index (χ2v) is 8.88. The maximum absolute atomic E-state index is 13.8. The second-order valence-electron chi connectivity index (χ2n) is 7.77. The highest BCUT2D eigenvalue weighted by molar-refractivity contribution is 7.99. The van der Waals surface area contributed by atoms with Gasteiger partial charge in [0.1, 0.15) is 28.7 Å². The number of hydrogen-bond donors (Lipinski definition) is 1. The Morgan fingerprint density at radius 3 is 2.26 bits per heavy atom. The standard InChI is InChI=1S/C26H25FN2O4S/c1-32-21-12-19(13-22(14-21)33-2)25(31)29-23(16-34-26(29)18-6-4-3-5-7-18)24(30)28-15-17-8-10-20(27)11-9-17/h3-14,23,26H,15-16H2,1-2H3,(H,28,30)/t23-,26+/m0/s1. The summed E-state index contributed by atoms with van der Waals surface area (Å²) in [4.78, 5) is 28.6. The zero-order valence-electron chi connectivity index (χ0n) is 18.9. The third-order valence-electron chi connectivity index (χ3n) is 5.60. The molecule has 6 nitrogen and oxygen atoms in total. The lowest BCUT2D eigenvalue weighted by Gasteiger charge is -2.29. The van der Waals surface area contributed by atoms with Crippen molar-refractivity contribution in [1.82, 2.24) is 10.2 Å². The second kappa shape index (κ2) is 10.6. The van der Waals surface area contributed by atoms with Crippen LogP contribution >= 0.6 is 11.8 Å². The van der Waals surface area contributed by atoms with Crippen molar-refractivity contribution in [1.29, 1.82) is 0 Å². The van der Waals surface area contributed by atoms with Gasteiger partial charge in [-0.2, -0.15) is 0 Å². The topological polar surface area (TPSA) is 67.9 Å². The molecule has 34 heavy (non-hydrogen) atoms. The van der Waals surface area contributed by atoms with E-state index in [0.29, 0.717) is 22.8 Å². The lowest BCUT2D eigenvalue weighted by molar-refractivity contribution is -0.125. The first-order valence-corrected chi connectivity index (χ1v) is 11.8. The first kappa shape index (κ1) is 23.6. The van der Waals surface area contributed by atoms with Crippen molar-refractivity contribution in [2.45, 2.75) is 18.0 Å². The number of carbonyl (C=O) groups excluding carboxylic acids is 2. The summed E-state index contributed by atoms with van der Waals surface area (Å²) in [6.45, 7) is 0.241. The molecule has 8 heteroatoms. The lowest BCUT2D eigenvalue weighted by Crippen LogP contribution is -2.47. The summed E-state index contributed by atoms with van der Waals surface area (Å²) in [7, 11) is 3.04. The van der Waals surface area contributed by atoms with Gasteiger partial charge in [-0.15, -0.1) is 11.8 Å². The molecular weight excluding hydrogens is 455 g/mol. The largest absolute Gasteiger partial charge is 0.497 e. The summed E-state index contributed by atoms with van der Waals surface area (Å²) in [5.41, 5.74) is 2.08. The van der Waals surface area contributed by atoms with Crippen molar-refractivity contribution < 1.29 is 23.5 Å². The molecule has 3 aromatic rings. The Bertz CT molecular complexity index is 1130. The van der Waals surface area contributed by atoms with Crippen molar-refractivity contribution >= 4 is 23.6 Å². The number of carbonyl (C=O) groups is 2. The normalized spacial score (nSPS) is 17.3. The van der Waals surface area contributed by atoms with E-state index in [1.54, 1.807) is 35.2 Å². The van der Waals surface area contributed by atoms with Crippen LogP contribution in [0.1, 0.15) is 26.9 Å². The zero-order valence-corrected chi connectivity index (χ0v) is 19.7. The van der Waals surface area contributed by atoms with Crippen molar-refractivity contribution in [2.75, 3.05) is 20.0 Å². The third kappa shape index (κ3) is 5.17. The Morgan fingerprint density at radius 2 is 1.65 bits per heavy atom. The van der Waals surface area contributed by atoms with Crippen LogP contribution in [0.2, 0.25) is 0 Å². The molecule has 1 N–H and O–H groups in total. The van der Waals surface area contributed by atoms with Crippen LogP contribution in [-0.2, 0) is 11.3 Å². The quantitative estimate of drug-likeness (QED) is 0.543.